The van der Waals surface area contributed by atoms with Crippen molar-refractivity contribution in [2.45, 2.75) is 12.5 Å². The van der Waals surface area contributed by atoms with E-state index in [1.54, 1.807) is 0 Å². The summed E-state index contributed by atoms with van der Waals surface area (Å²) < 4.78 is 4.66. The number of ether oxygens (including phenoxy) is 1. The van der Waals surface area contributed by atoms with Gasteiger partial charge >= 0.3 is 11.9 Å². The second-order valence-electron chi connectivity index (χ2n) is 2.36. The summed E-state index contributed by atoms with van der Waals surface area (Å²) in [6, 6.07) is -0.794. The highest BCUT2D eigenvalue weighted by atomic mass is 16.5. The summed E-state index contributed by atoms with van der Waals surface area (Å²) in [5.41, 5.74) is 0. The number of hydrogen-bond acceptors (Lipinski definition) is 4. The summed E-state index contributed by atoms with van der Waals surface area (Å²) in [6.45, 7) is 3.46. The molecule has 0 spiro atoms. The first-order chi connectivity index (χ1) is 6.11. The summed E-state index contributed by atoms with van der Waals surface area (Å²) in [5, 5.41) is 11.0. The van der Waals surface area contributed by atoms with Crippen molar-refractivity contribution >= 4 is 11.9 Å². The van der Waals surface area contributed by atoms with Gasteiger partial charge in [0, 0.05) is 0 Å². The fourth-order valence-corrected chi connectivity index (χ4v) is 0.720. The van der Waals surface area contributed by atoms with Crippen molar-refractivity contribution in [3.05, 3.63) is 12.7 Å². The minimum atomic E-state index is -1.05. The van der Waals surface area contributed by atoms with Crippen LogP contribution in [0.3, 0.4) is 0 Å². The standard InChI is InChI=1S/C8H13NO4/c1-3-4-13-8(12)6(9-2)5-7(10)11/h3,6,9H,1,4-5H2,2H3,(H,10,11). The first kappa shape index (κ1) is 11.6. The highest BCUT2D eigenvalue weighted by Crippen LogP contribution is 1.95. The Morgan fingerprint density at radius 2 is 2.31 bits per heavy atom. The van der Waals surface area contributed by atoms with E-state index >= 15 is 0 Å². The fraction of sp³-hybridized carbons (Fsp3) is 0.500. The third-order valence-electron chi connectivity index (χ3n) is 1.36. The van der Waals surface area contributed by atoms with Gasteiger partial charge in [-0.2, -0.15) is 0 Å². The van der Waals surface area contributed by atoms with Gasteiger partial charge in [-0.25, -0.2) is 0 Å². The molecule has 1 unspecified atom stereocenters. The number of carboxylic acids is 1. The number of likely N-dealkylation sites (N-methyl/N-ethyl adjacent to an activating group) is 1. The van der Waals surface area contributed by atoms with E-state index in [9.17, 15) is 9.59 Å². The molecule has 0 rings (SSSR count). The molecule has 5 heteroatoms. The SMILES string of the molecule is C=CCOC(=O)C(CC(=O)O)NC. The van der Waals surface area contributed by atoms with Crippen molar-refractivity contribution < 1.29 is 19.4 Å². The first-order valence-electron chi connectivity index (χ1n) is 3.78. The van der Waals surface area contributed by atoms with Gasteiger partial charge in [0.1, 0.15) is 12.6 Å². The Morgan fingerprint density at radius 3 is 2.69 bits per heavy atom. The molecule has 0 heterocycles. The van der Waals surface area contributed by atoms with Crippen LogP contribution in [0.1, 0.15) is 6.42 Å². The molecular weight excluding hydrogens is 174 g/mol. The maximum atomic E-state index is 11.1. The molecule has 0 fully saturated rings. The van der Waals surface area contributed by atoms with E-state index in [0.29, 0.717) is 0 Å². The van der Waals surface area contributed by atoms with E-state index in [1.807, 2.05) is 0 Å². The summed E-state index contributed by atoms with van der Waals surface area (Å²) in [7, 11) is 1.50. The van der Waals surface area contributed by atoms with Gasteiger partial charge in [0.25, 0.3) is 0 Å². The Balaban J connectivity index is 3.98. The van der Waals surface area contributed by atoms with Crippen molar-refractivity contribution in [1.82, 2.24) is 5.32 Å². The van der Waals surface area contributed by atoms with Gasteiger partial charge < -0.3 is 15.2 Å². The Hall–Kier alpha value is -1.36. The number of carboxylic acid groups (broad SMARTS) is 1. The fourth-order valence-electron chi connectivity index (χ4n) is 0.720. The molecule has 5 nitrogen and oxygen atoms in total. The van der Waals surface area contributed by atoms with E-state index < -0.39 is 18.0 Å². The number of aliphatic carboxylic acids is 1. The van der Waals surface area contributed by atoms with E-state index in [2.05, 4.69) is 16.6 Å². The normalized spacial score (nSPS) is 11.8. The Kier molecular flexibility index (Phi) is 5.54. The van der Waals surface area contributed by atoms with E-state index in [-0.39, 0.29) is 13.0 Å². The number of hydrogen-bond donors (Lipinski definition) is 2. The minimum absolute atomic E-state index is 0.0939. The molecule has 0 aromatic rings. The highest BCUT2D eigenvalue weighted by molar-refractivity contribution is 5.81. The van der Waals surface area contributed by atoms with Crippen LogP contribution in [0.15, 0.2) is 12.7 Å². The van der Waals surface area contributed by atoms with Crippen molar-refractivity contribution in [1.29, 1.82) is 0 Å². The Bertz CT molecular complexity index is 202. The van der Waals surface area contributed by atoms with Crippen LogP contribution in [0, 0.1) is 0 Å². The van der Waals surface area contributed by atoms with Gasteiger partial charge in [-0.3, -0.25) is 9.59 Å². The summed E-state index contributed by atoms with van der Waals surface area (Å²) in [6.07, 6.45) is 1.14. The maximum absolute atomic E-state index is 11.1. The van der Waals surface area contributed by atoms with Crippen LogP contribution >= 0.6 is 0 Å². The average molecular weight is 187 g/mol. The average Bonchev–Trinajstić information content (AvgIpc) is 2.09. The second kappa shape index (κ2) is 6.19. The van der Waals surface area contributed by atoms with Crippen LogP contribution in [0.4, 0.5) is 0 Å². The van der Waals surface area contributed by atoms with Gasteiger partial charge in [0.05, 0.1) is 6.42 Å². The highest BCUT2D eigenvalue weighted by Gasteiger charge is 2.20. The lowest BCUT2D eigenvalue weighted by molar-refractivity contribution is -0.149. The lowest BCUT2D eigenvalue weighted by atomic mass is 10.2. The molecule has 0 saturated carbocycles. The molecule has 0 saturated heterocycles. The molecule has 1 atom stereocenters. The van der Waals surface area contributed by atoms with E-state index in [4.69, 9.17) is 5.11 Å². The van der Waals surface area contributed by atoms with Gasteiger partial charge in [0.2, 0.25) is 0 Å². The summed E-state index contributed by atoms with van der Waals surface area (Å²) in [4.78, 5) is 21.4. The van der Waals surface area contributed by atoms with Crippen LogP contribution in [-0.4, -0.2) is 36.7 Å². The Labute approximate surface area is 76.4 Å². The van der Waals surface area contributed by atoms with Crippen molar-refractivity contribution in [2.75, 3.05) is 13.7 Å². The molecule has 0 aliphatic heterocycles. The number of nitrogens with one attached hydrogen (secondary N) is 1. The molecule has 0 bridgehead atoms. The third-order valence-corrected chi connectivity index (χ3v) is 1.36. The summed E-state index contributed by atoms with van der Waals surface area (Å²) in [5.74, 6) is -1.63. The van der Waals surface area contributed by atoms with Crippen molar-refractivity contribution in [3.63, 3.8) is 0 Å². The van der Waals surface area contributed by atoms with Crippen LogP contribution < -0.4 is 5.32 Å². The zero-order valence-corrected chi connectivity index (χ0v) is 7.45. The van der Waals surface area contributed by atoms with Crippen LogP contribution in [-0.2, 0) is 14.3 Å². The zero-order valence-electron chi connectivity index (χ0n) is 7.45. The van der Waals surface area contributed by atoms with Gasteiger partial charge in [-0.05, 0) is 7.05 Å². The number of esters is 1. The van der Waals surface area contributed by atoms with Gasteiger partial charge in [0.15, 0.2) is 0 Å². The van der Waals surface area contributed by atoms with Crippen LogP contribution in [0.2, 0.25) is 0 Å². The predicted octanol–water partition coefficient (Wildman–Crippen LogP) is -0.222. The zero-order chi connectivity index (χ0) is 10.3. The van der Waals surface area contributed by atoms with E-state index in [1.165, 1.54) is 13.1 Å². The molecule has 0 aromatic carbocycles. The van der Waals surface area contributed by atoms with Gasteiger partial charge in [-0.15, -0.1) is 0 Å². The van der Waals surface area contributed by atoms with Crippen molar-refractivity contribution in [3.8, 4) is 0 Å². The largest absolute Gasteiger partial charge is 0.481 e. The second-order valence-corrected chi connectivity index (χ2v) is 2.36. The van der Waals surface area contributed by atoms with E-state index in [0.717, 1.165) is 0 Å². The third kappa shape index (κ3) is 4.97. The molecule has 0 amide bonds. The topological polar surface area (TPSA) is 75.6 Å². The smallest absolute Gasteiger partial charge is 0.324 e. The first-order valence-corrected chi connectivity index (χ1v) is 3.78. The minimum Gasteiger partial charge on any atom is -0.481 e. The lowest BCUT2D eigenvalue weighted by Crippen LogP contribution is -2.37. The van der Waals surface area contributed by atoms with Crippen molar-refractivity contribution in [2.24, 2.45) is 0 Å². The molecule has 0 aliphatic rings. The quantitative estimate of drug-likeness (QED) is 0.444. The lowest BCUT2D eigenvalue weighted by Gasteiger charge is -2.11. The van der Waals surface area contributed by atoms with Crippen LogP contribution in [0.5, 0.6) is 0 Å². The molecule has 0 aromatic heterocycles. The molecule has 0 radical (unpaired) electrons. The molecule has 0 aliphatic carbocycles. The molecule has 13 heavy (non-hydrogen) atoms. The van der Waals surface area contributed by atoms with Crippen LogP contribution in [0.25, 0.3) is 0 Å². The molecule has 2 N–H and O–H groups in total. The monoisotopic (exact) mass is 187 g/mol. The number of carbonyl (C=O) groups excluding carboxylic acids is 1. The number of carbonyl (C=O) groups is 2. The summed E-state index contributed by atoms with van der Waals surface area (Å²) >= 11 is 0. The predicted molar refractivity (Wildman–Crippen MR) is 46.3 cm³/mol. The number of rotatable bonds is 6. The molecular formula is C8H13NO4. The Morgan fingerprint density at radius 1 is 1.69 bits per heavy atom. The van der Waals surface area contributed by atoms with Gasteiger partial charge in [-0.1, -0.05) is 12.7 Å². The maximum Gasteiger partial charge on any atom is 0.324 e. The molecule has 74 valence electrons.